The van der Waals surface area contributed by atoms with Crippen molar-refractivity contribution in [3.8, 4) is 5.88 Å². The zero-order valence-electron chi connectivity index (χ0n) is 18.5. The number of rotatable bonds is 5. The molecule has 1 unspecified atom stereocenters. The van der Waals surface area contributed by atoms with E-state index < -0.39 is 24.2 Å². The number of hydrogen-bond acceptors (Lipinski definition) is 5. The lowest BCUT2D eigenvalue weighted by molar-refractivity contribution is -0.154. The summed E-state index contributed by atoms with van der Waals surface area (Å²) in [5, 5.41) is 2.80. The van der Waals surface area contributed by atoms with Crippen molar-refractivity contribution in [3.05, 3.63) is 46.8 Å². The molecule has 32 heavy (non-hydrogen) atoms. The minimum absolute atomic E-state index is 0.106. The molecule has 7 nitrogen and oxygen atoms in total. The highest BCUT2D eigenvalue weighted by Crippen LogP contribution is 2.35. The molecule has 0 fully saturated rings. The van der Waals surface area contributed by atoms with E-state index in [0.29, 0.717) is 28.1 Å². The maximum atomic E-state index is 13.0. The van der Waals surface area contributed by atoms with E-state index in [4.69, 9.17) is 4.74 Å². The molecule has 3 rings (SSSR count). The van der Waals surface area contributed by atoms with Crippen molar-refractivity contribution in [3.63, 3.8) is 0 Å². The van der Waals surface area contributed by atoms with Crippen molar-refractivity contribution in [1.82, 2.24) is 14.9 Å². The van der Waals surface area contributed by atoms with E-state index in [9.17, 15) is 22.8 Å². The summed E-state index contributed by atoms with van der Waals surface area (Å²) in [7, 11) is 0. The Hall–Kier alpha value is -3.17. The topological polar surface area (TPSA) is 84.4 Å². The van der Waals surface area contributed by atoms with Crippen LogP contribution in [-0.4, -0.2) is 39.5 Å². The number of aryl methyl sites for hydroxylation is 1. The molecule has 10 heteroatoms. The number of hydrogen-bond donors (Lipinski definition) is 1. The first kappa shape index (κ1) is 23.5. The maximum Gasteiger partial charge on any atom is 0.422 e. The van der Waals surface area contributed by atoms with Crippen molar-refractivity contribution in [2.45, 2.75) is 53.4 Å². The second-order valence-electron chi connectivity index (χ2n) is 8.79. The van der Waals surface area contributed by atoms with Gasteiger partial charge in [0.05, 0.1) is 12.6 Å². The number of nitrogens with zero attached hydrogens (tertiary/aromatic N) is 3. The molecule has 0 spiro atoms. The van der Waals surface area contributed by atoms with Gasteiger partial charge in [-0.3, -0.25) is 9.59 Å². The van der Waals surface area contributed by atoms with Crippen LogP contribution in [0.25, 0.3) is 0 Å². The molecule has 0 aliphatic carbocycles. The smallest absolute Gasteiger partial charge is 0.422 e. The number of nitrogens with one attached hydrogen (secondary N) is 1. The third-order valence-electron chi connectivity index (χ3n) is 5.16. The molecule has 3 heterocycles. The quantitative estimate of drug-likeness (QED) is 0.729. The van der Waals surface area contributed by atoms with Crippen LogP contribution < -0.4 is 10.1 Å². The fourth-order valence-electron chi connectivity index (χ4n) is 3.26. The minimum Gasteiger partial charge on any atom is -0.468 e. The average Bonchev–Trinajstić information content (AvgIpc) is 3.03. The second-order valence-corrected chi connectivity index (χ2v) is 8.79. The molecule has 0 radical (unpaired) electrons. The van der Waals surface area contributed by atoms with Crippen LogP contribution in [0.1, 0.15) is 60.8 Å². The number of ether oxygens (including phenoxy) is 1. The van der Waals surface area contributed by atoms with Gasteiger partial charge in [0, 0.05) is 34.5 Å². The summed E-state index contributed by atoms with van der Waals surface area (Å²) in [6.45, 7) is 7.55. The fourth-order valence-corrected chi connectivity index (χ4v) is 3.26. The Kier molecular flexibility index (Phi) is 6.17. The van der Waals surface area contributed by atoms with Crippen LogP contribution in [0.5, 0.6) is 5.88 Å². The van der Waals surface area contributed by atoms with Gasteiger partial charge in [-0.25, -0.2) is 9.97 Å². The summed E-state index contributed by atoms with van der Waals surface area (Å²) >= 11 is 0. The highest BCUT2D eigenvalue weighted by molar-refractivity contribution is 6.02. The van der Waals surface area contributed by atoms with E-state index in [1.54, 1.807) is 51.7 Å². The second kappa shape index (κ2) is 8.40. The summed E-state index contributed by atoms with van der Waals surface area (Å²) in [6.07, 6.45) is -1.58. The van der Waals surface area contributed by atoms with Gasteiger partial charge in [-0.05, 0) is 31.5 Å². The molecule has 0 saturated heterocycles. The lowest BCUT2D eigenvalue weighted by Gasteiger charge is -2.25. The Balaban J connectivity index is 1.80. The van der Waals surface area contributed by atoms with Crippen molar-refractivity contribution in [1.29, 1.82) is 0 Å². The van der Waals surface area contributed by atoms with Crippen LogP contribution >= 0.6 is 0 Å². The normalized spacial score (nSPS) is 14.9. The minimum atomic E-state index is -4.46. The molecule has 0 bridgehead atoms. The van der Waals surface area contributed by atoms with Gasteiger partial charge in [0.25, 0.3) is 5.91 Å². The molecule has 1 N–H and O–H groups in total. The Morgan fingerprint density at radius 3 is 2.56 bits per heavy atom. The maximum absolute atomic E-state index is 13.0. The first-order valence-corrected chi connectivity index (χ1v) is 10.0. The van der Waals surface area contributed by atoms with Crippen molar-refractivity contribution < 1.29 is 27.5 Å². The first-order valence-electron chi connectivity index (χ1n) is 10.0. The summed E-state index contributed by atoms with van der Waals surface area (Å²) < 4.78 is 42.0. The highest BCUT2D eigenvalue weighted by Gasteiger charge is 2.35. The van der Waals surface area contributed by atoms with E-state index in [1.807, 2.05) is 0 Å². The molecule has 2 aromatic rings. The number of carbonyl (C=O) groups is 2. The molecule has 1 aliphatic rings. The van der Waals surface area contributed by atoms with Crippen LogP contribution in [0.3, 0.4) is 0 Å². The van der Waals surface area contributed by atoms with Crippen LogP contribution in [0.4, 0.5) is 19.0 Å². The number of aromatic nitrogens is 2. The lowest BCUT2D eigenvalue weighted by Crippen LogP contribution is -2.29. The van der Waals surface area contributed by atoms with Crippen LogP contribution in [0.15, 0.2) is 24.5 Å². The van der Waals surface area contributed by atoms with Crippen molar-refractivity contribution in [2.75, 3.05) is 11.9 Å². The van der Waals surface area contributed by atoms with Crippen molar-refractivity contribution in [2.24, 2.45) is 5.41 Å². The van der Waals surface area contributed by atoms with E-state index in [0.717, 1.165) is 0 Å². The largest absolute Gasteiger partial charge is 0.468 e. The average molecular weight is 450 g/mol. The molecule has 172 valence electrons. The predicted octanol–water partition coefficient (Wildman–Crippen LogP) is 4.43. The van der Waals surface area contributed by atoms with Crippen molar-refractivity contribution >= 4 is 17.6 Å². The summed E-state index contributed by atoms with van der Waals surface area (Å²) in [5.74, 6) is -0.204. The molecular formula is C22H25F3N4O3. The molecule has 2 aromatic heterocycles. The Bertz CT molecular complexity index is 1050. The van der Waals surface area contributed by atoms with E-state index in [-0.39, 0.29) is 24.2 Å². The summed E-state index contributed by atoms with van der Waals surface area (Å²) in [4.78, 5) is 35.3. The van der Waals surface area contributed by atoms with Crippen LogP contribution in [0.2, 0.25) is 0 Å². The lowest BCUT2D eigenvalue weighted by atomic mass is 9.95. The number of alkyl halides is 3. The number of carbonyl (C=O) groups excluding carboxylic acids is 2. The molecule has 0 aromatic carbocycles. The number of pyridine rings is 2. The third-order valence-corrected chi connectivity index (χ3v) is 5.16. The Morgan fingerprint density at radius 2 is 1.97 bits per heavy atom. The molecule has 0 saturated carbocycles. The zero-order valence-corrected chi connectivity index (χ0v) is 18.5. The molecular weight excluding hydrogens is 425 g/mol. The van der Waals surface area contributed by atoms with Gasteiger partial charge in [0.15, 0.2) is 6.61 Å². The third kappa shape index (κ3) is 5.00. The number of fused-ring (bicyclic) bond motifs is 1. The highest BCUT2D eigenvalue weighted by atomic mass is 19.4. The number of amides is 2. The number of anilines is 1. The van der Waals surface area contributed by atoms with E-state index in [1.165, 1.54) is 12.4 Å². The first-order chi connectivity index (χ1) is 14.8. The standard InChI is InChI=1S/C22H25F3N4O3/c1-12-8-14(9-27-18(12)32-11-22(23,24)25)13(2)29-10-16-15(19(29)30)6-7-26-17(16)28-20(31)21(3,4)5/h6-9,13H,10-11H2,1-5H3,(H,26,28,31). The van der Waals surface area contributed by atoms with Gasteiger partial charge in [-0.2, -0.15) is 13.2 Å². The van der Waals surface area contributed by atoms with Gasteiger partial charge in [0.2, 0.25) is 11.8 Å². The molecule has 1 aliphatic heterocycles. The molecule has 2 amide bonds. The van der Waals surface area contributed by atoms with Gasteiger partial charge < -0.3 is 15.0 Å². The SMILES string of the molecule is Cc1cc(C(C)N2Cc3c(ccnc3NC(=O)C(C)(C)C)C2=O)cnc1OCC(F)(F)F. The van der Waals surface area contributed by atoms with Gasteiger partial charge in [0.1, 0.15) is 5.82 Å². The van der Waals surface area contributed by atoms with Gasteiger partial charge in [-0.1, -0.05) is 20.8 Å². The van der Waals surface area contributed by atoms with Crippen LogP contribution in [-0.2, 0) is 11.3 Å². The van der Waals surface area contributed by atoms with Gasteiger partial charge in [-0.15, -0.1) is 0 Å². The molecule has 1 atom stereocenters. The zero-order chi connectivity index (χ0) is 23.8. The summed E-state index contributed by atoms with van der Waals surface area (Å²) in [6, 6.07) is 2.85. The fraction of sp³-hybridized carbons (Fsp3) is 0.455. The number of halogens is 3. The van der Waals surface area contributed by atoms with E-state index in [2.05, 4.69) is 15.3 Å². The van der Waals surface area contributed by atoms with Crippen LogP contribution in [0, 0.1) is 12.3 Å². The van der Waals surface area contributed by atoms with Gasteiger partial charge >= 0.3 is 6.18 Å². The van der Waals surface area contributed by atoms with E-state index >= 15 is 0 Å². The summed E-state index contributed by atoms with van der Waals surface area (Å²) in [5.41, 5.74) is 1.53. The predicted molar refractivity (Wildman–Crippen MR) is 111 cm³/mol. The monoisotopic (exact) mass is 450 g/mol. The Morgan fingerprint density at radius 1 is 1.28 bits per heavy atom. The Labute approximate surface area is 184 Å².